The molecular weight excluding hydrogens is 496 g/mol. The van der Waals surface area contributed by atoms with Crippen molar-refractivity contribution >= 4 is 28.8 Å². The first-order chi connectivity index (χ1) is 18.5. The molecule has 1 heterocycles. The summed E-state index contributed by atoms with van der Waals surface area (Å²) in [4.78, 5) is 30.5. The summed E-state index contributed by atoms with van der Waals surface area (Å²) in [5, 5.41) is 11.5. The number of benzene rings is 3. The minimum Gasteiger partial charge on any atom is -0.507 e. The largest absolute Gasteiger partial charge is 0.507 e. The summed E-state index contributed by atoms with van der Waals surface area (Å²) >= 11 is 0. The lowest BCUT2D eigenvalue weighted by molar-refractivity contribution is -0.132. The number of hydrogen-bond donors (Lipinski definition) is 1. The second-order valence-electron chi connectivity index (χ2n) is 9.87. The topological polar surface area (TPSA) is 88.5 Å². The van der Waals surface area contributed by atoms with Gasteiger partial charge in [-0.05, 0) is 62.2 Å². The van der Waals surface area contributed by atoms with E-state index in [1.807, 2.05) is 64.0 Å². The Hall–Kier alpha value is -4.46. The van der Waals surface area contributed by atoms with Crippen molar-refractivity contribution in [3.63, 3.8) is 0 Å². The second-order valence-corrected chi connectivity index (χ2v) is 9.87. The van der Waals surface area contributed by atoms with Crippen LogP contribution in [-0.2, 0) is 9.59 Å². The van der Waals surface area contributed by atoms with Gasteiger partial charge < -0.3 is 24.2 Å². The second kappa shape index (κ2) is 11.1. The van der Waals surface area contributed by atoms with Gasteiger partial charge in [-0.1, -0.05) is 12.1 Å². The van der Waals surface area contributed by atoms with Crippen molar-refractivity contribution in [1.82, 2.24) is 0 Å². The molecule has 1 aliphatic rings. The summed E-state index contributed by atoms with van der Waals surface area (Å²) < 4.78 is 16.7. The van der Waals surface area contributed by atoms with Crippen LogP contribution in [0.4, 0.5) is 11.4 Å². The molecule has 1 atom stereocenters. The first kappa shape index (κ1) is 27.6. The molecule has 0 radical (unpaired) electrons. The third kappa shape index (κ3) is 5.41. The summed E-state index contributed by atoms with van der Waals surface area (Å²) in [6.07, 6.45) is -0.0153. The predicted molar refractivity (Wildman–Crippen MR) is 152 cm³/mol. The normalized spacial score (nSPS) is 16.5. The van der Waals surface area contributed by atoms with Crippen LogP contribution in [0.5, 0.6) is 17.2 Å². The molecule has 1 fully saturated rings. The van der Waals surface area contributed by atoms with Gasteiger partial charge in [0.1, 0.15) is 23.0 Å². The Morgan fingerprint density at radius 1 is 0.923 bits per heavy atom. The smallest absolute Gasteiger partial charge is 0.300 e. The summed E-state index contributed by atoms with van der Waals surface area (Å²) in [6.45, 7) is 5.74. The van der Waals surface area contributed by atoms with Crippen LogP contribution < -0.4 is 24.0 Å². The van der Waals surface area contributed by atoms with Crippen molar-refractivity contribution in [2.24, 2.45) is 0 Å². The van der Waals surface area contributed by atoms with E-state index in [1.54, 1.807) is 36.4 Å². The van der Waals surface area contributed by atoms with Crippen molar-refractivity contribution in [3.05, 3.63) is 82.9 Å². The van der Waals surface area contributed by atoms with E-state index < -0.39 is 17.7 Å². The number of aliphatic hydroxyl groups excluding tert-OH is 1. The van der Waals surface area contributed by atoms with E-state index in [2.05, 4.69) is 0 Å². The summed E-state index contributed by atoms with van der Waals surface area (Å²) in [6, 6.07) is 16.9. The van der Waals surface area contributed by atoms with Gasteiger partial charge in [-0.15, -0.1) is 0 Å². The van der Waals surface area contributed by atoms with Crippen molar-refractivity contribution in [2.45, 2.75) is 32.9 Å². The molecule has 4 rings (SSSR count). The van der Waals surface area contributed by atoms with E-state index >= 15 is 0 Å². The maximum absolute atomic E-state index is 13.6. The lowest BCUT2D eigenvalue weighted by atomic mass is 9.94. The van der Waals surface area contributed by atoms with Crippen molar-refractivity contribution in [3.8, 4) is 17.2 Å². The molecule has 0 spiro atoms. The SMILES string of the molecule is COc1cc(OC)cc(N2C(=O)C(=O)/C(=C(/O)c3ccc(OC(C)C)c(C)c3)C2c2ccc(N(C)C)cc2)c1. The van der Waals surface area contributed by atoms with E-state index in [0.717, 1.165) is 11.3 Å². The molecule has 1 amide bonds. The van der Waals surface area contributed by atoms with Crippen molar-refractivity contribution in [1.29, 1.82) is 0 Å². The number of ether oxygens (including phenoxy) is 3. The third-order valence-electron chi connectivity index (χ3n) is 6.60. The van der Waals surface area contributed by atoms with Crippen LogP contribution in [0.1, 0.15) is 36.6 Å². The number of carbonyl (C=O) groups is 2. The Kier molecular flexibility index (Phi) is 7.85. The Morgan fingerprint density at radius 3 is 2.05 bits per heavy atom. The van der Waals surface area contributed by atoms with Crippen LogP contribution in [0.15, 0.2) is 66.2 Å². The highest BCUT2D eigenvalue weighted by atomic mass is 16.5. The zero-order chi connectivity index (χ0) is 28.4. The standard InChI is InChI=1S/C31H34N2O6/c1-18(2)39-26-13-10-21(14-19(26)3)29(34)27-28(20-8-11-22(12-9-20)32(4)5)33(31(36)30(27)35)23-15-24(37-6)17-25(16-23)38-7/h8-18,28,34H,1-7H3/b29-27+. The van der Waals surface area contributed by atoms with Gasteiger partial charge in [-0.25, -0.2) is 0 Å². The Labute approximate surface area is 229 Å². The number of rotatable bonds is 8. The minimum absolute atomic E-state index is 0.00341. The monoisotopic (exact) mass is 530 g/mol. The molecule has 39 heavy (non-hydrogen) atoms. The molecule has 3 aromatic rings. The Bertz CT molecular complexity index is 1400. The summed E-state index contributed by atoms with van der Waals surface area (Å²) in [5.41, 5.74) is 3.24. The Morgan fingerprint density at radius 2 is 1.54 bits per heavy atom. The average Bonchev–Trinajstić information content (AvgIpc) is 3.18. The molecule has 8 nitrogen and oxygen atoms in total. The fraction of sp³-hybridized carbons (Fsp3) is 0.290. The quantitative estimate of drug-likeness (QED) is 0.234. The molecule has 204 valence electrons. The molecule has 0 aromatic heterocycles. The van der Waals surface area contributed by atoms with Crippen molar-refractivity contribution in [2.75, 3.05) is 38.1 Å². The van der Waals surface area contributed by atoms with Gasteiger partial charge in [0.15, 0.2) is 0 Å². The zero-order valence-electron chi connectivity index (χ0n) is 23.3. The van der Waals surface area contributed by atoms with Gasteiger partial charge >= 0.3 is 0 Å². The van der Waals surface area contributed by atoms with Crippen LogP contribution in [0.2, 0.25) is 0 Å². The predicted octanol–water partition coefficient (Wildman–Crippen LogP) is 5.49. The lowest BCUT2D eigenvalue weighted by Crippen LogP contribution is -2.29. The van der Waals surface area contributed by atoms with Crippen LogP contribution in [0.3, 0.4) is 0 Å². The van der Waals surface area contributed by atoms with E-state index in [-0.39, 0.29) is 17.4 Å². The molecule has 1 saturated heterocycles. The van der Waals surface area contributed by atoms with E-state index in [4.69, 9.17) is 14.2 Å². The van der Waals surface area contributed by atoms with Crippen LogP contribution in [0, 0.1) is 6.92 Å². The highest BCUT2D eigenvalue weighted by Gasteiger charge is 2.47. The summed E-state index contributed by atoms with van der Waals surface area (Å²) in [5.74, 6) is -0.192. The number of Topliss-reactive ketones (excluding diaryl/α,β-unsaturated/α-hetero) is 1. The van der Waals surface area contributed by atoms with Gasteiger partial charge in [0.2, 0.25) is 0 Å². The number of aliphatic hydroxyl groups is 1. The van der Waals surface area contributed by atoms with E-state index in [1.165, 1.54) is 19.1 Å². The molecular formula is C31H34N2O6. The number of methoxy groups -OCH3 is 2. The van der Waals surface area contributed by atoms with Gasteiger partial charge in [0, 0.05) is 43.5 Å². The van der Waals surface area contributed by atoms with Crippen LogP contribution >= 0.6 is 0 Å². The molecule has 1 unspecified atom stereocenters. The highest BCUT2D eigenvalue weighted by molar-refractivity contribution is 6.51. The van der Waals surface area contributed by atoms with Gasteiger partial charge in [0.25, 0.3) is 11.7 Å². The zero-order valence-corrected chi connectivity index (χ0v) is 23.3. The molecule has 1 N–H and O–H groups in total. The van der Waals surface area contributed by atoms with E-state index in [0.29, 0.717) is 34.1 Å². The molecule has 1 aliphatic heterocycles. The Balaban J connectivity index is 1.92. The fourth-order valence-corrected chi connectivity index (χ4v) is 4.64. The molecule has 8 heteroatoms. The highest BCUT2D eigenvalue weighted by Crippen LogP contribution is 2.44. The van der Waals surface area contributed by atoms with Crippen LogP contribution in [0.25, 0.3) is 5.76 Å². The van der Waals surface area contributed by atoms with Gasteiger partial charge in [-0.3, -0.25) is 14.5 Å². The number of amides is 1. The number of ketones is 1. The summed E-state index contributed by atoms with van der Waals surface area (Å²) in [7, 11) is 6.88. The third-order valence-corrected chi connectivity index (χ3v) is 6.60. The maximum Gasteiger partial charge on any atom is 0.300 e. The maximum atomic E-state index is 13.6. The lowest BCUT2D eigenvalue weighted by Gasteiger charge is -2.26. The molecule has 3 aromatic carbocycles. The number of carbonyl (C=O) groups excluding carboxylic acids is 2. The van der Waals surface area contributed by atoms with Crippen LogP contribution in [-0.4, -0.2) is 51.2 Å². The van der Waals surface area contributed by atoms with Crippen molar-refractivity contribution < 1.29 is 28.9 Å². The number of aryl methyl sites for hydroxylation is 1. The van der Waals surface area contributed by atoms with Gasteiger partial charge in [0.05, 0.1) is 37.6 Å². The fourth-order valence-electron chi connectivity index (χ4n) is 4.64. The average molecular weight is 531 g/mol. The molecule has 0 bridgehead atoms. The van der Waals surface area contributed by atoms with E-state index in [9.17, 15) is 14.7 Å². The first-order valence-electron chi connectivity index (χ1n) is 12.6. The molecule has 0 saturated carbocycles. The number of nitrogens with zero attached hydrogens (tertiary/aromatic N) is 2. The number of anilines is 2. The first-order valence-corrected chi connectivity index (χ1v) is 12.6. The molecule has 0 aliphatic carbocycles. The van der Waals surface area contributed by atoms with Gasteiger partial charge in [-0.2, -0.15) is 0 Å². The minimum atomic E-state index is -0.884. The number of hydrogen-bond acceptors (Lipinski definition) is 7.